The molecule has 0 saturated carbocycles. The van der Waals surface area contributed by atoms with E-state index in [0.29, 0.717) is 4.77 Å². The number of halogens is 1. The van der Waals surface area contributed by atoms with Gasteiger partial charge in [-0.25, -0.2) is 0 Å². The molecule has 2 aromatic heterocycles. The number of aryl methyl sites for hydroxylation is 2. The molecule has 1 aromatic carbocycles. The zero-order valence-electron chi connectivity index (χ0n) is 10.6. The molecule has 0 unspecified atom stereocenters. The fourth-order valence-corrected chi connectivity index (χ4v) is 2.95. The number of aromatic amines is 1. The molecule has 98 valence electrons. The van der Waals surface area contributed by atoms with Crippen molar-refractivity contribution in [1.82, 2.24) is 19.3 Å². The predicted octanol–water partition coefficient (Wildman–Crippen LogP) is 3.75. The van der Waals surface area contributed by atoms with Crippen molar-refractivity contribution < 1.29 is 0 Å². The fraction of sp³-hybridized carbons (Fsp3) is 0.231. The Morgan fingerprint density at radius 3 is 2.95 bits per heavy atom. The Kier molecular flexibility index (Phi) is 3.06. The minimum Gasteiger partial charge on any atom is -0.330 e. The molecule has 0 amide bonds. The average molecular weight is 337 g/mol. The number of imidazole rings is 1. The van der Waals surface area contributed by atoms with Crippen LogP contribution in [0.3, 0.4) is 0 Å². The Morgan fingerprint density at radius 1 is 1.42 bits per heavy atom. The summed E-state index contributed by atoms with van der Waals surface area (Å²) < 4.78 is 5.59. The van der Waals surface area contributed by atoms with Crippen LogP contribution in [0.4, 0.5) is 0 Å². The van der Waals surface area contributed by atoms with E-state index in [0.717, 1.165) is 33.3 Å². The monoisotopic (exact) mass is 336 g/mol. The first-order valence-corrected chi connectivity index (χ1v) is 7.23. The summed E-state index contributed by atoms with van der Waals surface area (Å²) in [4.78, 5) is 3.24. The molecule has 0 radical (unpaired) electrons. The molecule has 0 atom stereocenters. The first kappa shape index (κ1) is 12.6. The molecule has 0 fully saturated rings. The molecule has 19 heavy (non-hydrogen) atoms. The zero-order chi connectivity index (χ0) is 13.6. The highest BCUT2D eigenvalue weighted by Gasteiger charge is 2.13. The van der Waals surface area contributed by atoms with Gasteiger partial charge in [0.15, 0.2) is 4.77 Å². The molecule has 2 heterocycles. The first-order valence-electron chi connectivity index (χ1n) is 6.03. The van der Waals surface area contributed by atoms with Gasteiger partial charge in [-0.1, -0.05) is 22.9 Å². The summed E-state index contributed by atoms with van der Waals surface area (Å²) in [6.45, 7) is 2.10. The predicted molar refractivity (Wildman–Crippen MR) is 82.3 cm³/mol. The third-order valence-corrected chi connectivity index (χ3v) is 3.88. The van der Waals surface area contributed by atoms with E-state index in [1.807, 2.05) is 34.6 Å². The van der Waals surface area contributed by atoms with Gasteiger partial charge in [0.2, 0.25) is 0 Å². The number of hydrogen-bond donors (Lipinski definition) is 1. The lowest BCUT2D eigenvalue weighted by molar-refractivity contribution is 0.746. The van der Waals surface area contributed by atoms with Gasteiger partial charge in [0.1, 0.15) is 0 Å². The van der Waals surface area contributed by atoms with Crippen molar-refractivity contribution in [3.05, 3.63) is 39.3 Å². The lowest BCUT2D eigenvalue weighted by atomic mass is 10.2. The largest absolute Gasteiger partial charge is 0.330 e. The van der Waals surface area contributed by atoms with Crippen LogP contribution in [0.1, 0.15) is 12.6 Å². The topological polar surface area (TPSA) is 38.5 Å². The summed E-state index contributed by atoms with van der Waals surface area (Å²) in [7, 11) is 1.93. The minimum atomic E-state index is 0.691. The standard InChI is InChI=1S/C13H13BrN4S/c1-3-9-12(7-17(2)16-9)18-11-5-4-8(14)6-10(11)15-13(18)19/h4-7H,3H2,1-2H3,(H,15,19). The van der Waals surface area contributed by atoms with Crippen LogP contribution in [0, 0.1) is 4.77 Å². The van der Waals surface area contributed by atoms with E-state index in [-0.39, 0.29) is 0 Å². The Labute approximate surface area is 124 Å². The second-order valence-corrected chi connectivity index (χ2v) is 5.72. The fourth-order valence-electron chi connectivity index (χ4n) is 2.28. The van der Waals surface area contributed by atoms with Crippen LogP contribution >= 0.6 is 28.1 Å². The van der Waals surface area contributed by atoms with Gasteiger partial charge < -0.3 is 4.98 Å². The van der Waals surface area contributed by atoms with E-state index in [4.69, 9.17) is 12.2 Å². The van der Waals surface area contributed by atoms with Gasteiger partial charge in [0.05, 0.1) is 22.4 Å². The van der Waals surface area contributed by atoms with Gasteiger partial charge in [-0.05, 0) is 36.8 Å². The molecule has 0 bridgehead atoms. The minimum absolute atomic E-state index is 0.691. The van der Waals surface area contributed by atoms with E-state index >= 15 is 0 Å². The number of hydrogen-bond acceptors (Lipinski definition) is 2. The van der Waals surface area contributed by atoms with Crippen molar-refractivity contribution in [3.63, 3.8) is 0 Å². The maximum atomic E-state index is 5.45. The van der Waals surface area contributed by atoms with Crippen molar-refractivity contribution in [2.75, 3.05) is 0 Å². The third kappa shape index (κ3) is 2.04. The molecule has 0 aliphatic carbocycles. The SMILES string of the molecule is CCc1nn(C)cc1-n1c(=S)[nH]c2cc(Br)ccc21. The lowest BCUT2D eigenvalue weighted by Gasteiger charge is -2.03. The molecule has 0 saturated heterocycles. The maximum absolute atomic E-state index is 5.45. The Bertz CT molecular complexity index is 812. The number of benzene rings is 1. The molecule has 0 aliphatic heterocycles. The Morgan fingerprint density at radius 2 is 2.21 bits per heavy atom. The molecule has 0 spiro atoms. The van der Waals surface area contributed by atoms with Crippen molar-refractivity contribution in [1.29, 1.82) is 0 Å². The van der Waals surface area contributed by atoms with Gasteiger partial charge in [-0.2, -0.15) is 5.10 Å². The summed E-state index contributed by atoms with van der Waals surface area (Å²) in [6, 6.07) is 6.10. The quantitative estimate of drug-likeness (QED) is 0.724. The van der Waals surface area contributed by atoms with Gasteiger partial charge in [0, 0.05) is 17.7 Å². The number of H-pyrrole nitrogens is 1. The van der Waals surface area contributed by atoms with Crippen molar-refractivity contribution in [2.24, 2.45) is 7.05 Å². The van der Waals surface area contributed by atoms with Crippen molar-refractivity contribution in [3.8, 4) is 5.69 Å². The smallest absolute Gasteiger partial charge is 0.182 e. The summed E-state index contributed by atoms with van der Waals surface area (Å²) in [6.07, 6.45) is 2.88. The van der Waals surface area contributed by atoms with Gasteiger partial charge in [-0.15, -0.1) is 0 Å². The van der Waals surface area contributed by atoms with Crippen LogP contribution in [0.2, 0.25) is 0 Å². The highest BCUT2D eigenvalue weighted by Crippen LogP contribution is 2.24. The lowest BCUT2D eigenvalue weighted by Crippen LogP contribution is -1.96. The van der Waals surface area contributed by atoms with Crippen LogP contribution in [0.15, 0.2) is 28.9 Å². The van der Waals surface area contributed by atoms with Crippen LogP contribution in [0.25, 0.3) is 16.7 Å². The molecule has 4 nitrogen and oxygen atoms in total. The molecule has 3 rings (SSSR count). The maximum Gasteiger partial charge on any atom is 0.182 e. The zero-order valence-corrected chi connectivity index (χ0v) is 13.0. The summed E-state index contributed by atoms with van der Waals surface area (Å²) >= 11 is 8.93. The molecule has 3 aromatic rings. The van der Waals surface area contributed by atoms with Gasteiger partial charge >= 0.3 is 0 Å². The summed E-state index contributed by atoms with van der Waals surface area (Å²) in [5.74, 6) is 0. The average Bonchev–Trinajstić information content (AvgIpc) is 2.87. The highest BCUT2D eigenvalue weighted by molar-refractivity contribution is 9.10. The first-order chi connectivity index (χ1) is 9.10. The molecular weight excluding hydrogens is 324 g/mol. The second kappa shape index (κ2) is 4.61. The van der Waals surface area contributed by atoms with Gasteiger partial charge in [-0.3, -0.25) is 9.25 Å². The van der Waals surface area contributed by atoms with E-state index in [1.54, 1.807) is 0 Å². The van der Waals surface area contributed by atoms with E-state index in [2.05, 4.69) is 39.0 Å². The van der Waals surface area contributed by atoms with Crippen molar-refractivity contribution >= 4 is 39.2 Å². The molecule has 1 N–H and O–H groups in total. The van der Waals surface area contributed by atoms with E-state index in [1.165, 1.54) is 0 Å². The van der Waals surface area contributed by atoms with Crippen molar-refractivity contribution in [2.45, 2.75) is 13.3 Å². The Hall–Kier alpha value is -1.40. The summed E-state index contributed by atoms with van der Waals surface area (Å²) in [5.41, 5.74) is 4.17. The Balaban J connectivity index is 2.36. The van der Waals surface area contributed by atoms with Gasteiger partial charge in [0.25, 0.3) is 0 Å². The van der Waals surface area contributed by atoms with Crippen LogP contribution in [-0.4, -0.2) is 19.3 Å². The van der Waals surface area contributed by atoms with Crippen LogP contribution in [0.5, 0.6) is 0 Å². The van der Waals surface area contributed by atoms with Crippen LogP contribution < -0.4 is 0 Å². The van der Waals surface area contributed by atoms with Crippen LogP contribution in [-0.2, 0) is 13.5 Å². The number of rotatable bonds is 2. The number of aromatic nitrogens is 4. The molecular formula is C13H13BrN4S. The molecule has 0 aliphatic rings. The number of fused-ring (bicyclic) bond motifs is 1. The highest BCUT2D eigenvalue weighted by atomic mass is 79.9. The van der Waals surface area contributed by atoms with E-state index in [9.17, 15) is 0 Å². The molecule has 6 heteroatoms. The second-order valence-electron chi connectivity index (χ2n) is 4.42. The number of nitrogens with one attached hydrogen (secondary N) is 1. The number of nitrogens with zero attached hydrogens (tertiary/aromatic N) is 3. The van der Waals surface area contributed by atoms with E-state index < -0.39 is 0 Å². The third-order valence-electron chi connectivity index (χ3n) is 3.10. The summed E-state index contributed by atoms with van der Waals surface area (Å²) in [5, 5.41) is 4.48. The normalized spacial score (nSPS) is 11.3.